The molecule has 32 heavy (non-hydrogen) atoms. The fraction of sp³-hybridized carbons (Fsp3) is 0.348. The first-order valence-corrected chi connectivity index (χ1v) is 11.3. The largest absolute Gasteiger partial charge is 0.493 e. The molecule has 0 aromatic heterocycles. The highest BCUT2D eigenvalue weighted by Crippen LogP contribution is 2.29. The molecule has 9 heteroatoms. The Morgan fingerprint density at radius 1 is 1.06 bits per heavy atom. The second-order valence-corrected chi connectivity index (χ2v) is 8.43. The van der Waals surface area contributed by atoms with Crippen LogP contribution < -0.4 is 19.5 Å². The van der Waals surface area contributed by atoms with Crippen LogP contribution in [-0.4, -0.2) is 53.7 Å². The lowest BCUT2D eigenvalue weighted by atomic mass is 10.1. The summed E-state index contributed by atoms with van der Waals surface area (Å²) in [6.07, 6.45) is 1.35. The molecule has 8 nitrogen and oxygen atoms in total. The standard InChI is InChI=1S/C23H24N2O6S/c1-2-10-29-17-7-8-18-20(13-17)31-14-25(21(18)26)9-11-30-16-5-3-15(4-6-16)12-19-22(27)32-23(28)24-19/h3-8,13,19H,2,9-12,14H2,1H3,(H,24,28). The molecule has 0 saturated carbocycles. The topological polar surface area (TPSA) is 94.2 Å². The number of fused-ring (bicyclic) bond motifs is 1. The van der Waals surface area contributed by atoms with Crippen LogP contribution in [0.25, 0.3) is 0 Å². The van der Waals surface area contributed by atoms with Crippen molar-refractivity contribution >= 4 is 28.0 Å². The molecular formula is C23H24N2O6S. The molecule has 2 heterocycles. The Morgan fingerprint density at radius 2 is 1.81 bits per heavy atom. The number of amides is 2. The number of benzene rings is 2. The molecule has 0 radical (unpaired) electrons. The first kappa shape index (κ1) is 22.0. The molecule has 1 saturated heterocycles. The van der Waals surface area contributed by atoms with Gasteiger partial charge >= 0.3 is 0 Å². The predicted molar refractivity (Wildman–Crippen MR) is 119 cm³/mol. The van der Waals surface area contributed by atoms with Gasteiger partial charge in [0, 0.05) is 24.2 Å². The minimum Gasteiger partial charge on any atom is -0.493 e. The van der Waals surface area contributed by atoms with Gasteiger partial charge in [-0.3, -0.25) is 14.4 Å². The average Bonchev–Trinajstić information content (AvgIpc) is 3.11. The van der Waals surface area contributed by atoms with Gasteiger partial charge in [-0.05, 0) is 36.2 Å². The second kappa shape index (κ2) is 9.95. The monoisotopic (exact) mass is 456 g/mol. The third-order valence-electron chi connectivity index (χ3n) is 5.08. The van der Waals surface area contributed by atoms with Crippen molar-refractivity contribution < 1.29 is 28.6 Å². The zero-order valence-electron chi connectivity index (χ0n) is 17.7. The molecule has 2 amide bonds. The summed E-state index contributed by atoms with van der Waals surface area (Å²) in [4.78, 5) is 37.3. The smallest absolute Gasteiger partial charge is 0.287 e. The molecule has 4 rings (SSSR count). The SMILES string of the molecule is CCCOc1ccc2c(c1)OCN(CCOc1ccc(CC3NC(=O)SC3=O)cc1)C2=O. The van der Waals surface area contributed by atoms with Crippen molar-refractivity contribution in [3.63, 3.8) is 0 Å². The normalized spacial score (nSPS) is 17.6. The van der Waals surface area contributed by atoms with Crippen LogP contribution in [0.15, 0.2) is 42.5 Å². The fourth-order valence-electron chi connectivity index (χ4n) is 3.41. The van der Waals surface area contributed by atoms with Gasteiger partial charge in [0.15, 0.2) is 6.73 Å². The van der Waals surface area contributed by atoms with Crippen LogP contribution in [0, 0.1) is 0 Å². The van der Waals surface area contributed by atoms with E-state index in [0.717, 1.165) is 12.0 Å². The lowest BCUT2D eigenvalue weighted by Crippen LogP contribution is -2.41. The van der Waals surface area contributed by atoms with Crippen molar-refractivity contribution in [1.29, 1.82) is 0 Å². The average molecular weight is 457 g/mol. The maximum absolute atomic E-state index is 12.7. The van der Waals surface area contributed by atoms with E-state index >= 15 is 0 Å². The third kappa shape index (κ3) is 5.16. The van der Waals surface area contributed by atoms with E-state index in [-0.39, 0.29) is 23.0 Å². The number of nitrogens with zero attached hydrogens (tertiary/aromatic N) is 1. The van der Waals surface area contributed by atoms with Gasteiger partial charge < -0.3 is 24.4 Å². The van der Waals surface area contributed by atoms with E-state index in [9.17, 15) is 14.4 Å². The lowest BCUT2D eigenvalue weighted by molar-refractivity contribution is -0.112. The number of rotatable bonds is 9. The molecule has 2 aliphatic heterocycles. The number of hydrogen-bond acceptors (Lipinski definition) is 7. The Morgan fingerprint density at radius 3 is 2.53 bits per heavy atom. The van der Waals surface area contributed by atoms with E-state index in [2.05, 4.69) is 5.32 Å². The van der Waals surface area contributed by atoms with Crippen LogP contribution in [0.5, 0.6) is 17.2 Å². The van der Waals surface area contributed by atoms with E-state index in [1.54, 1.807) is 23.1 Å². The second-order valence-electron chi connectivity index (χ2n) is 7.45. The van der Waals surface area contributed by atoms with Gasteiger partial charge in [0.1, 0.15) is 29.9 Å². The number of ether oxygens (including phenoxy) is 3. The van der Waals surface area contributed by atoms with E-state index in [0.29, 0.717) is 60.8 Å². The summed E-state index contributed by atoms with van der Waals surface area (Å²) < 4.78 is 17.1. The molecular weight excluding hydrogens is 432 g/mol. The molecule has 2 aromatic carbocycles. The van der Waals surface area contributed by atoms with Gasteiger partial charge in [-0.1, -0.05) is 19.1 Å². The highest BCUT2D eigenvalue weighted by atomic mass is 32.2. The number of carbonyl (C=O) groups excluding carboxylic acids is 3. The van der Waals surface area contributed by atoms with Gasteiger partial charge in [-0.15, -0.1) is 0 Å². The maximum atomic E-state index is 12.7. The summed E-state index contributed by atoms with van der Waals surface area (Å²) in [6.45, 7) is 3.50. The van der Waals surface area contributed by atoms with Crippen molar-refractivity contribution in [3.8, 4) is 17.2 Å². The predicted octanol–water partition coefficient (Wildman–Crippen LogP) is 3.24. The summed E-state index contributed by atoms with van der Waals surface area (Å²) >= 11 is 0.713. The fourth-order valence-corrected chi connectivity index (χ4v) is 4.08. The molecule has 0 spiro atoms. The summed E-state index contributed by atoms with van der Waals surface area (Å²) in [6, 6.07) is 12.1. The molecule has 0 bridgehead atoms. The quantitative estimate of drug-likeness (QED) is 0.619. The van der Waals surface area contributed by atoms with Crippen molar-refractivity contribution in [2.24, 2.45) is 0 Å². The highest BCUT2D eigenvalue weighted by Gasteiger charge is 2.31. The van der Waals surface area contributed by atoms with Crippen molar-refractivity contribution in [2.45, 2.75) is 25.8 Å². The van der Waals surface area contributed by atoms with Gasteiger partial charge in [-0.25, -0.2) is 0 Å². The zero-order valence-corrected chi connectivity index (χ0v) is 18.5. The maximum Gasteiger partial charge on any atom is 0.287 e. The third-order valence-corrected chi connectivity index (χ3v) is 5.87. The van der Waals surface area contributed by atoms with Gasteiger partial charge in [0.2, 0.25) is 5.12 Å². The molecule has 0 aliphatic carbocycles. The molecule has 168 valence electrons. The van der Waals surface area contributed by atoms with Crippen LogP contribution in [0.4, 0.5) is 4.79 Å². The number of nitrogens with one attached hydrogen (secondary N) is 1. The lowest BCUT2D eigenvalue weighted by Gasteiger charge is -2.29. The molecule has 1 atom stereocenters. The molecule has 1 unspecified atom stereocenters. The highest BCUT2D eigenvalue weighted by molar-refractivity contribution is 8.26. The molecule has 1 N–H and O–H groups in total. The van der Waals surface area contributed by atoms with Gasteiger partial charge in [-0.2, -0.15) is 0 Å². The zero-order chi connectivity index (χ0) is 22.5. The Balaban J connectivity index is 1.26. The van der Waals surface area contributed by atoms with Gasteiger partial charge in [0.25, 0.3) is 11.1 Å². The Hall–Kier alpha value is -3.20. The Labute approximate surface area is 190 Å². The van der Waals surface area contributed by atoms with Crippen LogP contribution in [0.2, 0.25) is 0 Å². The number of thioether (sulfide) groups is 1. The van der Waals surface area contributed by atoms with Crippen LogP contribution in [0.1, 0.15) is 29.3 Å². The summed E-state index contributed by atoms with van der Waals surface area (Å²) in [5.41, 5.74) is 1.44. The summed E-state index contributed by atoms with van der Waals surface area (Å²) in [7, 11) is 0. The first-order valence-electron chi connectivity index (χ1n) is 10.5. The Bertz CT molecular complexity index is 1010. The van der Waals surface area contributed by atoms with E-state index in [1.165, 1.54) is 0 Å². The van der Waals surface area contributed by atoms with Crippen LogP contribution in [0.3, 0.4) is 0 Å². The van der Waals surface area contributed by atoms with Gasteiger partial charge in [0.05, 0.1) is 18.7 Å². The summed E-state index contributed by atoms with van der Waals surface area (Å²) in [5, 5.41) is 2.19. The number of hydrogen-bond donors (Lipinski definition) is 1. The van der Waals surface area contributed by atoms with E-state index in [4.69, 9.17) is 14.2 Å². The van der Waals surface area contributed by atoms with Crippen molar-refractivity contribution in [1.82, 2.24) is 10.2 Å². The van der Waals surface area contributed by atoms with Crippen molar-refractivity contribution in [3.05, 3.63) is 53.6 Å². The van der Waals surface area contributed by atoms with E-state index < -0.39 is 6.04 Å². The van der Waals surface area contributed by atoms with E-state index in [1.807, 2.05) is 31.2 Å². The van der Waals surface area contributed by atoms with Crippen molar-refractivity contribution in [2.75, 3.05) is 26.5 Å². The Kier molecular flexibility index (Phi) is 6.84. The molecule has 2 aromatic rings. The molecule has 1 fully saturated rings. The minimum absolute atomic E-state index is 0.103. The summed E-state index contributed by atoms with van der Waals surface area (Å²) in [5.74, 6) is 1.78. The first-order chi connectivity index (χ1) is 15.5. The molecule has 2 aliphatic rings. The van der Waals surface area contributed by atoms with Crippen LogP contribution in [-0.2, 0) is 11.2 Å². The minimum atomic E-state index is -0.485. The number of carbonyl (C=O) groups is 3. The van der Waals surface area contributed by atoms with Crippen LogP contribution >= 0.6 is 11.8 Å².